The number of phenols is 2. The van der Waals surface area contributed by atoms with Crippen LogP contribution in [-0.4, -0.2) is 36.0 Å². The molecule has 0 unspecified atom stereocenters. The molecule has 6 heteroatoms. The molecule has 1 aromatic rings. The highest BCUT2D eigenvalue weighted by Crippen LogP contribution is 2.46. The largest absolute Gasteiger partial charge is 0.507 e. The van der Waals surface area contributed by atoms with E-state index in [1.807, 2.05) is 0 Å². The maximum atomic E-state index is 12.3. The van der Waals surface area contributed by atoms with Crippen molar-refractivity contribution < 1.29 is 29.3 Å². The first-order chi connectivity index (χ1) is 9.36. The van der Waals surface area contributed by atoms with E-state index in [1.165, 1.54) is 28.1 Å². The van der Waals surface area contributed by atoms with E-state index in [0.717, 1.165) is 0 Å². The normalized spacial score (nSPS) is 14.4. The summed E-state index contributed by atoms with van der Waals surface area (Å²) >= 11 is 0. The van der Waals surface area contributed by atoms with Crippen molar-refractivity contribution in [3.05, 3.63) is 28.0 Å². The minimum absolute atomic E-state index is 0.0441. The summed E-state index contributed by atoms with van der Waals surface area (Å²) in [6.07, 6.45) is 0. The topological polar surface area (TPSA) is 93.1 Å². The standard InChI is InChI=1S/C14H14O6/c1-5-9(15)7-8(11(17)13(5)19-3)12(18)14(20-4)6(2)10(7)16/h15,17H,1-4H3. The van der Waals surface area contributed by atoms with Crippen LogP contribution in [0.1, 0.15) is 33.2 Å². The number of ketones is 2. The zero-order valence-electron chi connectivity index (χ0n) is 11.5. The number of ether oxygens (including phenoxy) is 2. The molecule has 0 aromatic heterocycles. The molecule has 106 valence electrons. The van der Waals surface area contributed by atoms with Crippen molar-refractivity contribution in [3.63, 3.8) is 0 Å². The van der Waals surface area contributed by atoms with Crippen molar-refractivity contribution in [2.45, 2.75) is 13.8 Å². The number of hydrogen-bond acceptors (Lipinski definition) is 6. The SMILES string of the molecule is COC1=C(C)C(=O)c2c(O)c(C)c(OC)c(O)c2C1=O. The number of rotatable bonds is 2. The van der Waals surface area contributed by atoms with E-state index in [0.29, 0.717) is 0 Å². The number of aromatic hydroxyl groups is 2. The molecular weight excluding hydrogens is 264 g/mol. The predicted octanol–water partition coefficient (Wildman–Crippen LogP) is 1.71. The molecule has 0 fully saturated rings. The van der Waals surface area contributed by atoms with Gasteiger partial charge in [0.2, 0.25) is 5.78 Å². The quantitative estimate of drug-likeness (QED) is 0.800. The summed E-state index contributed by atoms with van der Waals surface area (Å²) in [4.78, 5) is 24.5. The van der Waals surface area contributed by atoms with Crippen LogP contribution in [-0.2, 0) is 4.74 Å². The highest BCUT2D eigenvalue weighted by molar-refractivity contribution is 6.28. The molecule has 6 nitrogen and oxygen atoms in total. The van der Waals surface area contributed by atoms with Crippen LogP contribution in [0, 0.1) is 6.92 Å². The number of hydrogen-bond donors (Lipinski definition) is 2. The van der Waals surface area contributed by atoms with Crippen LogP contribution in [0.15, 0.2) is 11.3 Å². The lowest BCUT2D eigenvalue weighted by molar-refractivity contribution is 0.0900. The maximum absolute atomic E-state index is 12.3. The molecule has 0 saturated carbocycles. The lowest BCUT2D eigenvalue weighted by Gasteiger charge is -2.22. The lowest BCUT2D eigenvalue weighted by atomic mass is 9.85. The zero-order chi connectivity index (χ0) is 15.2. The molecule has 1 aliphatic rings. The first-order valence-corrected chi connectivity index (χ1v) is 5.83. The number of allylic oxidation sites excluding steroid dienone is 2. The Bertz CT molecular complexity index is 669. The summed E-state index contributed by atoms with van der Waals surface area (Å²) in [5.74, 6) is -2.26. The molecule has 0 atom stereocenters. The van der Waals surface area contributed by atoms with Crippen LogP contribution in [0.4, 0.5) is 0 Å². The van der Waals surface area contributed by atoms with Gasteiger partial charge in [0.25, 0.3) is 0 Å². The van der Waals surface area contributed by atoms with Gasteiger partial charge in [-0.1, -0.05) is 0 Å². The van der Waals surface area contributed by atoms with Gasteiger partial charge in [0.1, 0.15) is 5.75 Å². The number of fused-ring (bicyclic) bond motifs is 1. The monoisotopic (exact) mass is 278 g/mol. The second-order valence-electron chi connectivity index (χ2n) is 4.42. The van der Waals surface area contributed by atoms with E-state index in [4.69, 9.17) is 9.47 Å². The van der Waals surface area contributed by atoms with Crippen LogP contribution >= 0.6 is 0 Å². The molecule has 2 N–H and O–H groups in total. The first-order valence-electron chi connectivity index (χ1n) is 5.83. The van der Waals surface area contributed by atoms with Crippen LogP contribution in [0.5, 0.6) is 17.2 Å². The van der Waals surface area contributed by atoms with Crippen molar-refractivity contribution in [1.29, 1.82) is 0 Å². The molecule has 0 saturated heterocycles. The minimum Gasteiger partial charge on any atom is -0.507 e. The number of benzene rings is 1. The van der Waals surface area contributed by atoms with Gasteiger partial charge < -0.3 is 19.7 Å². The van der Waals surface area contributed by atoms with Gasteiger partial charge >= 0.3 is 0 Å². The Hall–Kier alpha value is -2.50. The molecule has 20 heavy (non-hydrogen) atoms. The Labute approximate surface area is 115 Å². The molecule has 0 radical (unpaired) electrons. The van der Waals surface area contributed by atoms with Crippen molar-refractivity contribution in [2.24, 2.45) is 0 Å². The van der Waals surface area contributed by atoms with Crippen molar-refractivity contribution in [1.82, 2.24) is 0 Å². The smallest absolute Gasteiger partial charge is 0.232 e. The highest BCUT2D eigenvalue weighted by atomic mass is 16.5. The van der Waals surface area contributed by atoms with Gasteiger partial charge in [-0.15, -0.1) is 0 Å². The molecule has 0 spiro atoms. The average Bonchev–Trinajstić information content (AvgIpc) is 2.41. The predicted molar refractivity (Wildman–Crippen MR) is 69.4 cm³/mol. The first kappa shape index (κ1) is 13.9. The molecule has 0 heterocycles. The average molecular weight is 278 g/mol. The maximum Gasteiger partial charge on any atom is 0.232 e. The van der Waals surface area contributed by atoms with Crippen LogP contribution in [0.2, 0.25) is 0 Å². The third-order valence-electron chi connectivity index (χ3n) is 3.38. The Morgan fingerprint density at radius 2 is 1.40 bits per heavy atom. The van der Waals surface area contributed by atoms with E-state index in [2.05, 4.69) is 0 Å². The van der Waals surface area contributed by atoms with Gasteiger partial charge in [-0.05, 0) is 13.8 Å². The van der Waals surface area contributed by atoms with Crippen molar-refractivity contribution in [3.8, 4) is 17.2 Å². The van der Waals surface area contributed by atoms with Gasteiger partial charge in [0.05, 0.1) is 25.3 Å². The fourth-order valence-electron chi connectivity index (χ4n) is 2.34. The Balaban J connectivity index is 2.91. The summed E-state index contributed by atoms with van der Waals surface area (Å²) in [6.45, 7) is 2.91. The fourth-order valence-corrected chi connectivity index (χ4v) is 2.34. The van der Waals surface area contributed by atoms with E-state index in [1.54, 1.807) is 0 Å². The van der Waals surface area contributed by atoms with Gasteiger partial charge in [-0.2, -0.15) is 0 Å². The summed E-state index contributed by atoms with van der Waals surface area (Å²) < 4.78 is 9.89. The molecule has 1 aliphatic carbocycles. The van der Waals surface area contributed by atoms with Crippen molar-refractivity contribution >= 4 is 11.6 Å². The number of carbonyl (C=O) groups is 2. The Kier molecular flexibility index (Phi) is 3.17. The molecular formula is C14H14O6. The van der Waals surface area contributed by atoms with Gasteiger partial charge in [0.15, 0.2) is 23.0 Å². The number of phenolic OH excluding ortho intramolecular Hbond substituents is 2. The van der Waals surface area contributed by atoms with Gasteiger partial charge in [-0.25, -0.2) is 0 Å². The lowest BCUT2D eigenvalue weighted by Crippen LogP contribution is -2.22. The number of Topliss-reactive ketones (excluding diaryl/α,β-unsaturated/α-hetero) is 2. The molecule has 0 amide bonds. The van der Waals surface area contributed by atoms with Crippen LogP contribution < -0.4 is 4.74 Å². The summed E-state index contributed by atoms with van der Waals surface area (Å²) in [5, 5.41) is 20.3. The van der Waals surface area contributed by atoms with Gasteiger partial charge in [-0.3, -0.25) is 9.59 Å². The van der Waals surface area contributed by atoms with Crippen LogP contribution in [0.3, 0.4) is 0 Å². The summed E-state index contributed by atoms with van der Waals surface area (Å²) in [5.41, 5.74) is -0.232. The number of carbonyl (C=O) groups excluding carboxylic acids is 2. The van der Waals surface area contributed by atoms with E-state index in [-0.39, 0.29) is 39.5 Å². The van der Waals surface area contributed by atoms with Gasteiger partial charge in [0, 0.05) is 11.1 Å². The molecule has 0 bridgehead atoms. The number of methoxy groups -OCH3 is 2. The second kappa shape index (κ2) is 4.56. The van der Waals surface area contributed by atoms with Crippen molar-refractivity contribution in [2.75, 3.05) is 14.2 Å². The minimum atomic E-state index is -0.661. The van der Waals surface area contributed by atoms with E-state index >= 15 is 0 Å². The van der Waals surface area contributed by atoms with E-state index in [9.17, 15) is 19.8 Å². The zero-order valence-corrected chi connectivity index (χ0v) is 11.5. The fraction of sp³-hybridized carbons (Fsp3) is 0.286. The second-order valence-corrected chi connectivity index (χ2v) is 4.42. The summed E-state index contributed by atoms with van der Waals surface area (Å²) in [7, 11) is 2.55. The third-order valence-corrected chi connectivity index (χ3v) is 3.38. The van der Waals surface area contributed by atoms with E-state index < -0.39 is 17.3 Å². The molecule has 0 aliphatic heterocycles. The Morgan fingerprint density at radius 3 is 1.90 bits per heavy atom. The van der Waals surface area contributed by atoms with Crippen LogP contribution in [0.25, 0.3) is 0 Å². The molecule has 1 aromatic carbocycles. The third kappa shape index (κ3) is 1.57. The molecule has 2 rings (SSSR count). The highest BCUT2D eigenvalue weighted by Gasteiger charge is 2.38. The Morgan fingerprint density at radius 1 is 0.850 bits per heavy atom. The summed E-state index contributed by atoms with van der Waals surface area (Å²) in [6, 6.07) is 0.